The molecule has 1 aromatic heterocycles. The SMILES string of the molecule is O=C[C@H](Cc1cnc[nH]1)NC(=O)C(CCc1ccccc1)Cc1ccccc1. The Bertz CT molecular complexity index is 848. The third-order valence-corrected chi connectivity index (χ3v) is 4.81. The van der Waals surface area contributed by atoms with E-state index in [1.165, 1.54) is 5.56 Å². The molecule has 2 N–H and O–H groups in total. The molecular formula is C23H25N3O2. The van der Waals surface area contributed by atoms with Crippen LogP contribution in [0.3, 0.4) is 0 Å². The summed E-state index contributed by atoms with van der Waals surface area (Å²) in [5.41, 5.74) is 3.14. The van der Waals surface area contributed by atoms with Gasteiger partial charge >= 0.3 is 0 Å². The molecule has 5 heteroatoms. The fourth-order valence-corrected chi connectivity index (χ4v) is 3.28. The summed E-state index contributed by atoms with van der Waals surface area (Å²) < 4.78 is 0. The summed E-state index contributed by atoms with van der Waals surface area (Å²) in [6.07, 6.45) is 6.62. The summed E-state index contributed by atoms with van der Waals surface area (Å²) >= 11 is 0. The molecule has 1 amide bonds. The third kappa shape index (κ3) is 5.91. The van der Waals surface area contributed by atoms with Gasteiger partial charge in [0.2, 0.25) is 5.91 Å². The van der Waals surface area contributed by atoms with Crippen LogP contribution >= 0.6 is 0 Å². The Morgan fingerprint density at radius 3 is 2.29 bits per heavy atom. The van der Waals surface area contributed by atoms with Crippen molar-refractivity contribution in [2.45, 2.75) is 31.7 Å². The van der Waals surface area contributed by atoms with E-state index in [2.05, 4.69) is 27.4 Å². The number of aldehydes is 1. The second kappa shape index (κ2) is 10.2. The van der Waals surface area contributed by atoms with Crippen LogP contribution in [0.15, 0.2) is 73.2 Å². The predicted octanol–water partition coefficient (Wildman–Crippen LogP) is 3.13. The summed E-state index contributed by atoms with van der Waals surface area (Å²) in [7, 11) is 0. The van der Waals surface area contributed by atoms with Gasteiger partial charge in [-0.3, -0.25) is 4.79 Å². The number of hydrogen-bond acceptors (Lipinski definition) is 3. The molecule has 144 valence electrons. The minimum Gasteiger partial charge on any atom is -0.348 e. The molecule has 1 heterocycles. The van der Waals surface area contributed by atoms with Crippen molar-refractivity contribution in [3.63, 3.8) is 0 Å². The minimum atomic E-state index is -0.567. The zero-order valence-corrected chi connectivity index (χ0v) is 15.8. The number of rotatable bonds is 10. The van der Waals surface area contributed by atoms with E-state index in [9.17, 15) is 9.59 Å². The number of aryl methyl sites for hydroxylation is 1. The van der Waals surface area contributed by atoms with Crippen molar-refractivity contribution in [3.8, 4) is 0 Å². The summed E-state index contributed by atoms with van der Waals surface area (Å²) in [4.78, 5) is 31.4. The van der Waals surface area contributed by atoms with E-state index >= 15 is 0 Å². The van der Waals surface area contributed by atoms with E-state index in [0.717, 1.165) is 30.4 Å². The molecule has 3 rings (SSSR count). The Morgan fingerprint density at radius 1 is 1.00 bits per heavy atom. The average molecular weight is 375 g/mol. The number of hydrogen-bond donors (Lipinski definition) is 2. The highest BCUT2D eigenvalue weighted by Crippen LogP contribution is 2.17. The number of H-pyrrole nitrogens is 1. The van der Waals surface area contributed by atoms with Crippen molar-refractivity contribution in [3.05, 3.63) is 90.0 Å². The van der Waals surface area contributed by atoms with Gasteiger partial charge in [-0.1, -0.05) is 60.7 Å². The van der Waals surface area contributed by atoms with Crippen LogP contribution in [-0.2, 0) is 28.9 Å². The molecule has 1 unspecified atom stereocenters. The van der Waals surface area contributed by atoms with E-state index in [-0.39, 0.29) is 11.8 Å². The van der Waals surface area contributed by atoms with E-state index < -0.39 is 6.04 Å². The van der Waals surface area contributed by atoms with Crippen LogP contribution in [0.2, 0.25) is 0 Å². The van der Waals surface area contributed by atoms with Crippen LogP contribution in [0.25, 0.3) is 0 Å². The predicted molar refractivity (Wildman–Crippen MR) is 109 cm³/mol. The molecule has 28 heavy (non-hydrogen) atoms. The van der Waals surface area contributed by atoms with E-state index in [1.54, 1.807) is 12.5 Å². The first kappa shape index (κ1) is 19.5. The number of aromatic nitrogens is 2. The van der Waals surface area contributed by atoms with Crippen LogP contribution in [0.1, 0.15) is 23.2 Å². The van der Waals surface area contributed by atoms with Gasteiger partial charge in [-0.2, -0.15) is 0 Å². The van der Waals surface area contributed by atoms with Gasteiger partial charge < -0.3 is 15.1 Å². The summed E-state index contributed by atoms with van der Waals surface area (Å²) in [5, 5.41) is 2.91. The molecule has 0 aliphatic heterocycles. The summed E-state index contributed by atoms with van der Waals surface area (Å²) in [6, 6.07) is 19.6. The maximum absolute atomic E-state index is 13.0. The number of carbonyl (C=O) groups excluding carboxylic acids is 2. The topological polar surface area (TPSA) is 74.8 Å². The van der Waals surface area contributed by atoms with Crippen LogP contribution in [-0.4, -0.2) is 28.2 Å². The largest absolute Gasteiger partial charge is 0.348 e. The van der Waals surface area contributed by atoms with Gasteiger partial charge in [-0.05, 0) is 30.4 Å². The molecular weight excluding hydrogens is 350 g/mol. The highest BCUT2D eigenvalue weighted by atomic mass is 16.2. The number of nitrogens with zero attached hydrogens (tertiary/aromatic N) is 1. The minimum absolute atomic E-state index is 0.0867. The monoisotopic (exact) mass is 375 g/mol. The first-order valence-electron chi connectivity index (χ1n) is 9.55. The van der Waals surface area contributed by atoms with Gasteiger partial charge in [0.15, 0.2) is 0 Å². The molecule has 2 aromatic carbocycles. The quantitative estimate of drug-likeness (QED) is 0.535. The highest BCUT2D eigenvalue weighted by molar-refractivity contribution is 5.82. The van der Waals surface area contributed by atoms with Gasteiger partial charge in [-0.25, -0.2) is 4.98 Å². The zero-order chi connectivity index (χ0) is 19.6. The summed E-state index contributed by atoms with van der Waals surface area (Å²) in [6.45, 7) is 0. The Labute approximate surface area is 165 Å². The molecule has 0 saturated carbocycles. The second-order valence-electron chi connectivity index (χ2n) is 6.94. The molecule has 0 saturated heterocycles. The molecule has 0 spiro atoms. The highest BCUT2D eigenvalue weighted by Gasteiger charge is 2.22. The average Bonchev–Trinajstić information content (AvgIpc) is 3.25. The van der Waals surface area contributed by atoms with Gasteiger partial charge in [0.1, 0.15) is 6.29 Å². The van der Waals surface area contributed by atoms with E-state index in [1.807, 2.05) is 48.5 Å². The van der Waals surface area contributed by atoms with Crippen LogP contribution in [0.5, 0.6) is 0 Å². The molecule has 5 nitrogen and oxygen atoms in total. The molecule has 0 bridgehead atoms. The first-order chi connectivity index (χ1) is 13.7. The van der Waals surface area contributed by atoms with Gasteiger partial charge in [-0.15, -0.1) is 0 Å². The molecule has 3 aromatic rings. The lowest BCUT2D eigenvalue weighted by atomic mass is 9.91. The maximum atomic E-state index is 13.0. The van der Waals surface area contributed by atoms with Gasteiger partial charge in [0.25, 0.3) is 0 Å². The third-order valence-electron chi connectivity index (χ3n) is 4.81. The Kier molecular flexibility index (Phi) is 7.13. The molecule has 0 radical (unpaired) electrons. The Morgan fingerprint density at radius 2 is 1.68 bits per heavy atom. The van der Waals surface area contributed by atoms with E-state index in [0.29, 0.717) is 12.8 Å². The molecule has 0 aliphatic carbocycles. The van der Waals surface area contributed by atoms with Gasteiger partial charge in [0.05, 0.1) is 12.4 Å². The lowest BCUT2D eigenvalue weighted by molar-refractivity contribution is -0.127. The molecule has 0 aliphatic rings. The van der Waals surface area contributed by atoms with Crippen molar-refractivity contribution in [1.82, 2.24) is 15.3 Å². The van der Waals surface area contributed by atoms with Crippen molar-refractivity contribution < 1.29 is 9.59 Å². The van der Waals surface area contributed by atoms with Crippen molar-refractivity contribution in [2.75, 3.05) is 0 Å². The van der Waals surface area contributed by atoms with Crippen LogP contribution in [0.4, 0.5) is 0 Å². The lowest BCUT2D eigenvalue weighted by Crippen LogP contribution is -2.42. The lowest BCUT2D eigenvalue weighted by Gasteiger charge is -2.20. The second-order valence-corrected chi connectivity index (χ2v) is 6.94. The first-order valence-corrected chi connectivity index (χ1v) is 9.55. The smallest absolute Gasteiger partial charge is 0.224 e. The Hall–Kier alpha value is -3.21. The van der Waals surface area contributed by atoms with E-state index in [4.69, 9.17) is 0 Å². The van der Waals surface area contributed by atoms with Gasteiger partial charge in [0, 0.05) is 24.2 Å². The standard InChI is InChI=1S/C23H25N3O2/c27-16-22(14-21-15-24-17-25-21)26-23(28)20(13-19-9-5-2-6-10-19)12-11-18-7-3-1-4-8-18/h1-10,15-17,20,22H,11-14H2,(H,24,25)(H,26,28)/t20?,22-/m0/s1. The van der Waals surface area contributed by atoms with Crippen molar-refractivity contribution in [1.29, 1.82) is 0 Å². The van der Waals surface area contributed by atoms with Crippen LogP contribution in [0, 0.1) is 5.92 Å². The number of aromatic amines is 1. The van der Waals surface area contributed by atoms with Crippen molar-refractivity contribution in [2.24, 2.45) is 5.92 Å². The number of imidazole rings is 1. The summed E-state index contributed by atoms with van der Waals surface area (Å²) in [5.74, 6) is -0.289. The zero-order valence-electron chi connectivity index (χ0n) is 15.8. The number of benzene rings is 2. The normalized spacial score (nSPS) is 12.9. The maximum Gasteiger partial charge on any atom is 0.224 e. The number of nitrogens with one attached hydrogen (secondary N) is 2. The van der Waals surface area contributed by atoms with Crippen LogP contribution < -0.4 is 5.32 Å². The number of amides is 1. The molecule has 2 atom stereocenters. The number of carbonyl (C=O) groups is 2. The fraction of sp³-hybridized carbons (Fsp3) is 0.261. The Balaban J connectivity index is 1.66. The van der Waals surface area contributed by atoms with Crippen molar-refractivity contribution >= 4 is 12.2 Å². The molecule has 0 fully saturated rings. The fourth-order valence-electron chi connectivity index (χ4n) is 3.28.